The van der Waals surface area contributed by atoms with E-state index >= 15 is 0 Å². The van der Waals surface area contributed by atoms with Crippen LogP contribution in [0.4, 0.5) is 5.69 Å². The third-order valence-corrected chi connectivity index (χ3v) is 3.48. The third-order valence-electron chi connectivity index (χ3n) is 3.48. The van der Waals surface area contributed by atoms with Crippen molar-refractivity contribution < 1.29 is 19.2 Å². The van der Waals surface area contributed by atoms with Gasteiger partial charge >= 0.3 is 5.97 Å². The summed E-state index contributed by atoms with van der Waals surface area (Å²) in [7, 11) is 0. The van der Waals surface area contributed by atoms with E-state index in [0.717, 1.165) is 0 Å². The Morgan fingerprint density at radius 1 is 1.18 bits per heavy atom. The molecule has 0 saturated carbocycles. The molecule has 0 amide bonds. The molecule has 0 saturated heterocycles. The molecule has 1 aromatic carbocycles. The summed E-state index contributed by atoms with van der Waals surface area (Å²) >= 11 is 0. The second-order valence-corrected chi connectivity index (χ2v) is 4.78. The zero-order valence-electron chi connectivity index (χ0n) is 11.4. The van der Waals surface area contributed by atoms with E-state index < -0.39 is 17.3 Å². The Labute approximate surface area is 125 Å². The molecule has 2 aliphatic rings. The van der Waals surface area contributed by atoms with E-state index in [-0.39, 0.29) is 11.3 Å². The van der Waals surface area contributed by atoms with Gasteiger partial charge in [0.15, 0.2) is 0 Å². The highest BCUT2D eigenvalue weighted by atomic mass is 16.6. The predicted octanol–water partition coefficient (Wildman–Crippen LogP) is 3.59. The van der Waals surface area contributed by atoms with Crippen LogP contribution in [0.2, 0.25) is 0 Å². The van der Waals surface area contributed by atoms with Crippen LogP contribution in [0.3, 0.4) is 0 Å². The fourth-order valence-corrected chi connectivity index (χ4v) is 2.66. The molecule has 0 unspecified atom stereocenters. The molecule has 1 aliphatic carbocycles. The van der Waals surface area contributed by atoms with Gasteiger partial charge in [-0.3, -0.25) is 14.9 Å². The topological polar surface area (TPSA) is 93.6 Å². The minimum atomic E-state index is -1.12. The van der Waals surface area contributed by atoms with Gasteiger partial charge in [0, 0.05) is 11.1 Å². The molecule has 0 aromatic heterocycles. The van der Waals surface area contributed by atoms with Gasteiger partial charge in [-0.1, -0.05) is 30.3 Å². The summed E-state index contributed by atoms with van der Waals surface area (Å²) in [6, 6.07) is 10.4. The summed E-state index contributed by atoms with van der Waals surface area (Å²) in [4.78, 5) is 22.1. The van der Waals surface area contributed by atoms with E-state index in [9.17, 15) is 14.9 Å². The molecule has 1 aliphatic heterocycles. The highest BCUT2D eigenvalue weighted by Gasteiger charge is 2.33. The highest BCUT2D eigenvalue weighted by Crippen LogP contribution is 2.47. The highest BCUT2D eigenvalue weighted by molar-refractivity contribution is 5.98. The lowest BCUT2D eigenvalue weighted by atomic mass is 10.0. The number of hydrogen-bond donors (Lipinski definition) is 1. The van der Waals surface area contributed by atoms with E-state index in [1.54, 1.807) is 30.3 Å². The first-order valence-electron chi connectivity index (χ1n) is 6.52. The molecule has 110 valence electrons. The number of nitro groups is 1. The first-order chi connectivity index (χ1) is 10.6. The molecule has 22 heavy (non-hydrogen) atoms. The first-order valence-corrected chi connectivity index (χ1v) is 6.52. The zero-order chi connectivity index (χ0) is 15.7. The van der Waals surface area contributed by atoms with Crippen LogP contribution in [-0.2, 0) is 11.2 Å². The molecule has 1 N–H and O–H groups in total. The number of hydrogen-bond acceptors (Lipinski definition) is 4. The first kappa shape index (κ1) is 13.8. The number of rotatable bonds is 4. The molecule has 0 atom stereocenters. The summed E-state index contributed by atoms with van der Waals surface area (Å²) in [5.41, 5.74) is 2.13. The standard InChI is InChI=1S/C16H11NO5/c18-14(19)8-12-11-6-7-22-9-13(11)15(16(12)17(20)21)10-4-2-1-3-5-10/h1-7,9H,8H2,(H,18,19). The molecule has 3 rings (SSSR count). The minimum Gasteiger partial charge on any atom is -0.481 e. The van der Waals surface area contributed by atoms with Gasteiger partial charge in [0.2, 0.25) is 0 Å². The molecule has 0 bridgehead atoms. The maximum atomic E-state index is 11.5. The van der Waals surface area contributed by atoms with Crippen LogP contribution >= 0.6 is 0 Å². The fraction of sp³-hybridized carbons (Fsp3) is 0.0625. The molecular formula is C16H11NO5. The van der Waals surface area contributed by atoms with Gasteiger partial charge in [-0.2, -0.15) is 0 Å². The van der Waals surface area contributed by atoms with Crippen LogP contribution in [0.5, 0.6) is 0 Å². The average molecular weight is 297 g/mol. The number of carboxylic acids is 1. The molecule has 0 radical (unpaired) electrons. The van der Waals surface area contributed by atoms with Crippen LogP contribution in [-0.4, -0.2) is 16.0 Å². The van der Waals surface area contributed by atoms with Crippen LogP contribution in [0, 0.1) is 10.1 Å². The van der Waals surface area contributed by atoms with Crippen LogP contribution in [0.1, 0.15) is 5.56 Å². The Hall–Kier alpha value is -3.15. The summed E-state index contributed by atoms with van der Waals surface area (Å²) in [6.45, 7) is 0. The number of aliphatic carboxylic acids is 1. The van der Waals surface area contributed by atoms with Crippen molar-refractivity contribution in [2.45, 2.75) is 6.42 Å². The third kappa shape index (κ3) is 2.20. The van der Waals surface area contributed by atoms with Crippen molar-refractivity contribution in [1.29, 1.82) is 0 Å². The molecule has 0 fully saturated rings. The number of fused-ring (bicyclic) bond motifs is 1. The van der Waals surface area contributed by atoms with Crippen molar-refractivity contribution in [3.8, 4) is 22.3 Å². The van der Waals surface area contributed by atoms with Crippen LogP contribution < -0.4 is 0 Å². The molecule has 1 aromatic rings. The smallest absolute Gasteiger partial charge is 0.308 e. The van der Waals surface area contributed by atoms with Gasteiger partial charge in [-0.15, -0.1) is 0 Å². The second-order valence-electron chi connectivity index (χ2n) is 4.78. The van der Waals surface area contributed by atoms with Crippen molar-refractivity contribution in [3.63, 3.8) is 0 Å². The molecule has 0 spiro atoms. The predicted molar refractivity (Wildman–Crippen MR) is 78.8 cm³/mol. The van der Waals surface area contributed by atoms with Crippen LogP contribution in [0.15, 0.2) is 53.3 Å². The van der Waals surface area contributed by atoms with Gasteiger partial charge in [-0.25, -0.2) is 0 Å². The number of nitrogens with zero attached hydrogens (tertiary/aromatic N) is 1. The fourth-order valence-electron chi connectivity index (χ4n) is 2.66. The lowest BCUT2D eigenvalue weighted by molar-refractivity contribution is -0.384. The monoisotopic (exact) mass is 297 g/mol. The largest absolute Gasteiger partial charge is 0.481 e. The van der Waals surface area contributed by atoms with Gasteiger partial charge in [0.05, 0.1) is 29.4 Å². The Morgan fingerprint density at radius 2 is 1.91 bits per heavy atom. The molecular weight excluding hydrogens is 286 g/mol. The van der Waals surface area contributed by atoms with Crippen molar-refractivity contribution in [2.24, 2.45) is 0 Å². The quantitative estimate of drug-likeness (QED) is 0.586. The van der Waals surface area contributed by atoms with Crippen molar-refractivity contribution in [2.75, 3.05) is 0 Å². The van der Waals surface area contributed by atoms with Crippen LogP contribution in [0.25, 0.3) is 22.3 Å². The maximum Gasteiger partial charge on any atom is 0.308 e. The van der Waals surface area contributed by atoms with Gasteiger partial charge in [0.1, 0.15) is 0 Å². The Kier molecular flexibility index (Phi) is 3.34. The van der Waals surface area contributed by atoms with E-state index in [1.807, 2.05) is 6.07 Å². The summed E-state index contributed by atoms with van der Waals surface area (Å²) in [5, 5.41) is 20.6. The van der Waals surface area contributed by atoms with E-state index in [2.05, 4.69) is 0 Å². The molecule has 6 nitrogen and oxygen atoms in total. The van der Waals surface area contributed by atoms with E-state index in [1.165, 1.54) is 12.5 Å². The summed E-state index contributed by atoms with van der Waals surface area (Å²) in [6.07, 6.45) is 2.38. The normalized spacial score (nSPS) is 10.7. The average Bonchev–Trinajstić information content (AvgIpc) is 2.82. The van der Waals surface area contributed by atoms with Gasteiger partial charge in [0.25, 0.3) is 5.69 Å². The van der Waals surface area contributed by atoms with Gasteiger partial charge < -0.3 is 9.52 Å². The lowest BCUT2D eigenvalue weighted by Gasteiger charge is -2.02. The second kappa shape index (κ2) is 5.33. The van der Waals surface area contributed by atoms with Crippen molar-refractivity contribution in [1.82, 2.24) is 0 Å². The lowest BCUT2D eigenvalue weighted by Crippen LogP contribution is -2.02. The maximum absolute atomic E-state index is 11.5. The molecule has 1 heterocycles. The number of carboxylic acid groups (broad SMARTS) is 1. The Morgan fingerprint density at radius 3 is 2.55 bits per heavy atom. The molecule has 6 heteroatoms. The van der Waals surface area contributed by atoms with E-state index in [4.69, 9.17) is 9.52 Å². The minimum absolute atomic E-state index is 0.176. The van der Waals surface area contributed by atoms with E-state index in [0.29, 0.717) is 22.3 Å². The Balaban J connectivity index is 2.38. The SMILES string of the molecule is O=C(O)Cc1c2ccocc-2c(-c2ccccc2)c1[N+](=O)[O-]. The Bertz CT molecular complexity index is 822. The summed E-state index contributed by atoms with van der Waals surface area (Å²) < 4.78 is 5.14. The number of benzene rings is 1. The van der Waals surface area contributed by atoms with Crippen molar-refractivity contribution >= 4 is 11.7 Å². The number of carbonyl (C=O) groups is 1. The van der Waals surface area contributed by atoms with Gasteiger partial charge in [-0.05, 0) is 17.2 Å². The van der Waals surface area contributed by atoms with Crippen molar-refractivity contribution in [3.05, 3.63) is 64.6 Å². The summed E-state index contributed by atoms with van der Waals surface area (Å²) in [5.74, 6) is -1.12. The zero-order valence-corrected chi connectivity index (χ0v) is 11.4.